The van der Waals surface area contributed by atoms with Crippen LogP contribution in [0.1, 0.15) is 24.0 Å². The lowest BCUT2D eigenvalue weighted by Gasteiger charge is -2.14. The van der Waals surface area contributed by atoms with Crippen LogP contribution < -0.4 is 11.4 Å². The van der Waals surface area contributed by atoms with Crippen LogP contribution in [-0.2, 0) is 13.0 Å². The zero-order valence-corrected chi connectivity index (χ0v) is 16.4. The minimum atomic E-state index is -0.164. The van der Waals surface area contributed by atoms with Crippen LogP contribution in [-0.4, -0.2) is 39.1 Å². The zero-order valence-electron chi connectivity index (χ0n) is 16.4. The molecular weight excluding hydrogens is 362 g/mol. The van der Waals surface area contributed by atoms with Gasteiger partial charge < -0.3 is 15.6 Å². The molecule has 0 saturated carbocycles. The SMILES string of the molecule is Nc1nc2ccccc2c2c1[nH]c(=O)n2Cc1ccc(CCN2CCCC2)cc1. The lowest BCUT2D eigenvalue weighted by atomic mass is 10.1. The van der Waals surface area contributed by atoms with E-state index in [1.165, 1.54) is 31.5 Å². The number of aromatic nitrogens is 3. The van der Waals surface area contributed by atoms with Crippen LogP contribution in [0.4, 0.5) is 5.82 Å². The quantitative estimate of drug-likeness (QED) is 0.551. The van der Waals surface area contributed by atoms with E-state index in [1.807, 2.05) is 24.3 Å². The Labute approximate surface area is 169 Å². The summed E-state index contributed by atoms with van der Waals surface area (Å²) in [6.07, 6.45) is 3.72. The van der Waals surface area contributed by atoms with Crippen molar-refractivity contribution in [3.63, 3.8) is 0 Å². The van der Waals surface area contributed by atoms with E-state index >= 15 is 0 Å². The van der Waals surface area contributed by atoms with Gasteiger partial charge in [0.1, 0.15) is 11.3 Å². The Balaban J connectivity index is 1.44. The lowest BCUT2D eigenvalue weighted by molar-refractivity contribution is 0.343. The van der Waals surface area contributed by atoms with Crippen LogP contribution in [0, 0.1) is 0 Å². The summed E-state index contributed by atoms with van der Waals surface area (Å²) in [4.78, 5) is 22.5. The second kappa shape index (κ2) is 7.37. The number of nitrogens with zero attached hydrogens (tertiary/aromatic N) is 3. The zero-order chi connectivity index (χ0) is 19.8. The molecule has 5 rings (SSSR count). The molecule has 0 spiro atoms. The highest BCUT2D eigenvalue weighted by Crippen LogP contribution is 2.26. The summed E-state index contributed by atoms with van der Waals surface area (Å²) in [5.74, 6) is 0.354. The number of pyridine rings is 1. The van der Waals surface area contributed by atoms with Crippen LogP contribution in [0.25, 0.3) is 21.9 Å². The third kappa shape index (κ3) is 3.40. The maximum atomic E-state index is 12.7. The third-order valence-corrected chi connectivity index (χ3v) is 5.92. The number of rotatable bonds is 5. The molecule has 0 amide bonds. The third-order valence-electron chi connectivity index (χ3n) is 5.92. The summed E-state index contributed by atoms with van der Waals surface area (Å²) < 4.78 is 1.76. The van der Waals surface area contributed by atoms with Gasteiger partial charge >= 0.3 is 5.69 Å². The molecule has 0 bridgehead atoms. The van der Waals surface area contributed by atoms with Gasteiger partial charge in [0.25, 0.3) is 0 Å². The number of imidazole rings is 1. The van der Waals surface area contributed by atoms with E-state index in [2.05, 4.69) is 39.1 Å². The van der Waals surface area contributed by atoms with Crippen molar-refractivity contribution in [3.8, 4) is 0 Å². The van der Waals surface area contributed by atoms with E-state index in [0.29, 0.717) is 17.9 Å². The highest BCUT2D eigenvalue weighted by Gasteiger charge is 2.15. The Hall–Kier alpha value is -3.12. The van der Waals surface area contributed by atoms with Gasteiger partial charge in [0, 0.05) is 11.9 Å². The molecule has 0 radical (unpaired) electrons. The summed E-state index contributed by atoms with van der Waals surface area (Å²) in [6.45, 7) is 4.08. The summed E-state index contributed by atoms with van der Waals surface area (Å²) in [5, 5.41) is 0.928. The van der Waals surface area contributed by atoms with E-state index in [1.54, 1.807) is 4.57 Å². The molecule has 1 fully saturated rings. The van der Waals surface area contributed by atoms with E-state index in [9.17, 15) is 4.79 Å². The molecule has 3 N–H and O–H groups in total. The molecule has 6 nitrogen and oxygen atoms in total. The maximum absolute atomic E-state index is 12.7. The first-order valence-corrected chi connectivity index (χ1v) is 10.3. The highest BCUT2D eigenvalue weighted by molar-refractivity contribution is 6.06. The lowest BCUT2D eigenvalue weighted by Crippen LogP contribution is -2.21. The number of hydrogen-bond donors (Lipinski definition) is 2. The van der Waals surface area contributed by atoms with Crippen molar-refractivity contribution >= 4 is 27.8 Å². The number of H-pyrrole nitrogens is 1. The molecule has 4 aromatic rings. The van der Waals surface area contributed by atoms with Gasteiger partial charge in [-0.1, -0.05) is 42.5 Å². The molecule has 6 heteroatoms. The van der Waals surface area contributed by atoms with Crippen molar-refractivity contribution in [2.45, 2.75) is 25.8 Å². The predicted molar refractivity (Wildman–Crippen MR) is 117 cm³/mol. The monoisotopic (exact) mass is 387 g/mol. The molecule has 3 heterocycles. The number of likely N-dealkylation sites (tertiary alicyclic amines) is 1. The van der Waals surface area contributed by atoms with Gasteiger partial charge in [-0.25, -0.2) is 9.78 Å². The molecule has 1 aliphatic rings. The number of nitrogens with one attached hydrogen (secondary N) is 1. The van der Waals surface area contributed by atoms with E-state index in [-0.39, 0.29) is 5.69 Å². The number of nitrogens with two attached hydrogens (primary N) is 1. The smallest absolute Gasteiger partial charge is 0.326 e. The fourth-order valence-electron chi connectivity index (χ4n) is 4.33. The first-order chi connectivity index (χ1) is 14.2. The number of aromatic amines is 1. The van der Waals surface area contributed by atoms with Gasteiger partial charge in [-0.15, -0.1) is 0 Å². The Kier molecular flexibility index (Phi) is 4.56. The average Bonchev–Trinajstić information content (AvgIpc) is 3.37. The molecule has 29 heavy (non-hydrogen) atoms. The van der Waals surface area contributed by atoms with Gasteiger partial charge in [-0.2, -0.15) is 0 Å². The largest absolute Gasteiger partial charge is 0.382 e. The summed E-state index contributed by atoms with van der Waals surface area (Å²) in [7, 11) is 0. The van der Waals surface area contributed by atoms with E-state index < -0.39 is 0 Å². The van der Waals surface area contributed by atoms with Crippen LogP contribution in [0.3, 0.4) is 0 Å². The highest BCUT2D eigenvalue weighted by atomic mass is 16.1. The molecule has 2 aromatic heterocycles. The fourth-order valence-corrected chi connectivity index (χ4v) is 4.33. The Morgan fingerprint density at radius 2 is 1.72 bits per heavy atom. The van der Waals surface area contributed by atoms with Crippen molar-refractivity contribution in [1.29, 1.82) is 0 Å². The van der Waals surface area contributed by atoms with E-state index in [0.717, 1.165) is 34.9 Å². The van der Waals surface area contributed by atoms with Gasteiger partial charge in [-0.3, -0.25) is 4.57 Å². The number of benzene rings is 2. The first-order valence-electron chi connectivity index (χ1n) is 10.3. The van der Waals surface area contributed by atoms with Crippen molar-refractivity contribution in [1.82, 2.24) is 19.4 Å². The second-order valence-electron chi connectivity index (χ2n) is 7.87. The maximum Gasteiger partial charge on any atom is 0.326 e. The molecule has 0 aliphatic carbocycles. The number of hydrogen-bond acceptors (Lipinski definition) is 4. The molecular formula is C23H25N5O. The number of para-hydroxylation sites is 1. The van der Waals surface area contributed by atoms with E-state index in [4.69, 9.17) is 5.73 Å². The van der Waals surface area contributed by atoms with Crippen LogP contribution in [0.15, 0.2) is 53.3 Å². The van der Waals surface area contributed by atoms with Gasteiger partial charge in [0.05, 0.1) is 17.6 Å². The van der Waals surface area contributed by atoms with Crippen molar-refractivity contribution < 1.29 is 0 Å². The summed E-state index contributed by atoms with van der Waals surface area (Å²) in [5.41, 5.74) is 10.6. The van der Waals surface area contributed by atoms with Crippen molar-refractivity contribution in [2.75, 3.05) is 25.4 Å². The number of nitrogen functional groups attached to an aromatic ring is 1. The standard InChI is InChI=1S/C23H25N5O/c24-22-20-21(18-5-1-2-6-19(18)25-22)28(23(29)26-20)15-17-9-7-16(8-10-17)11-14-27-12-3-4-13-27/h1-2,5-10H,3-4,11-15H2,(H2,24,25)(H,26,29). The molecule has 0 atom stereocenters. The number of anilines is 1. The van der Waals surface area contributed by atoms with Gasteiger partial charge in [0.2, 0.25) is 0 Å². The van der Waals surface area contributed by atoms with Crippen LogP contribution >= 0.6 is 0 Å². The average molecular weight is 387 g/mol. The molecule has 2 aromatic carbocycles. The summed E-state index contributed by atoms with van der Waals surface area (Å²) in [6, 6.07) is 16.4. The van der Waals surface area contributed by atoms with Crippen LogP contribution in [0.2, 0.25) is 0 Å². The second-order valence-corrected chi connectivity index (χ2v) is 7.87. The number of fused-ring (bicyclic) bond motifs is 3. The fraction of sp³-hybridized carbons (Fsp3) is 0.304. The molecule has 148 valence electrons. The normalized spacial score (nSPS) is 14.9. The minimum absolute atomic E-state index is 0.164. The van der Waals surface area contributed by atoms with Gasteiger partial charge in [0.15, 0.2) is 0 Å². The Morgan fingerprint density at radius 3 is 2.52 bits per heavy atom. The topological polar surface area (TPSA) is 79.9 Å². The van der Waals surface area contributed by atoms with Crippen LogP contribution in [0.5, 0.6) is 0 Å². The summed E-state index contributed by atoms with van der Waals surface area (Å²) >= 11 is 0. The molecule has 1 saturated heterocycles. The predicted octanol–water partition coefficient (Wildman–Crippen LogP) is 3.15. The Morgan fingerprint density at radius 1 is 1.00 bits per heavy atom. The molecule has 0 unspecified atom stereocenters. The molecule has 1 aliphatic heterocycles. The Bertz CT molecular complexity index is 1220. The van der Waals surface area contributed by atoms with Gasteiger partial charge in [-0.05, 0) is 49.5 Å². The minimum Gasteiger partial charge on any atom is -0.382 e. The van der Waals surface area contributed by atoms with Crippen molar-refractivity contribution in [2.24, 2.45) is 0 Å². The first kappa shape index (κ1) is 17.9. The van der Waals surface area contributed by atoms with Crippen molar-refractivity contribution in [3.05, 3.63) is 70.1 Å².